The van der Waals surface area contributed by atoms with E-state index in [-0.39, 0.29) is 30.1 Å². The SMILES string of the molecule is CNC(=O)C1CCCN1CC(=O)c1ccc(F)cc1. The lowest BCUT2D eigenvalue weighted by molar-refractivity contribution is -0.124. The smallest absolute Gasteiger partial charge is 0.237 e. The average Bonchev–Trinajstić information content (AvgIpc) is 2.86. The number of nitrogens with one attached hydrogen (secondary N) is 1. The zero-order valence-electron chi connectivity index (χ0n) is 10.9. The predicted octanol–water partition coefficient (Wildman–Crippen LogP) is 1.22. The molecule has 1 saturated heterocycles. The first-order chi connectivity index (χ1) is 9.11. The number of hydrogen-bond acceptors (Lipinski definition) is 3. The minimum Gasteiger partial charge on any atom is -0.358 e. The van der Waals surface area contributed by atoms with Crippen LogP contribution in [0.3, 0.4) is 0 Å². The van der Waals surface area contributed by atoms with E-state index in [0.717, 1.165) is 19.4 Å². The standard InChI is InChI=1S/C14H17FN2O2/c1-16-14(19)12-3-2-8-17(12)9-13(18)10-4-6-11(15)7-5-10/h4-7,12H,2-3,8-9H2,1H3,(H,16,19). The van der Waals surface area contributed by atoms with E-state index >= 15 is 0 Å². The number of carbonyl (C=O) groups excluding carboxylic acids is 2. The maximum absolute atomic E-state index is 12.8. The largest absolute Gasteiger partial charge is 0.358 e. The molecule has 2 rings (SSSR count). The minimum absolute atomic E-state index is 0.0515. The summed E-state index contributed by atoms with van der Waals surface area (Å²) >= 11 is 0. The van der Waals surface area contributed by atoms with Crippen molar-refractivity contribution in [3.8, 4) is 0 Å². The first-order valence-electron chi connectivity index (χ1n) is 6.36. The Kier molecular flexibility index (Phi) is 4.27. The molecule has 0 spiro atoms. The number of amides is 1. The third-order valence-electron chi connectivity index (χ3n) is 3.43. The van der Waals surface area contributed by atoms with Crippen molar-refractivity contribution in [2.45, 2.75) is 18.9 Å². The number of nitrogens with zero attached hydrogens (tertiary/aromatic N) is 1. The van der Waals surface area contributed by atoms with Gasteiger partial charge in [-0.05, 0) is 43.7 Å². The van der Waals surface area contributed by atoms with Crippen LogP contribution >= 0.6 is 0 Å². The third kappa shape index (κ3) is 3.17. The van der Waals surface area contributed by atoms with Crippen LogP contribution in [0.25, 0.3) is 0 Å². The van der Waals surface area contributed by atoms with Crippen molar-refractivity contribution in [1.29, 1.82) is 0 Å². The summed E-state index contributed by atoms with van der Waals surface area (Å²) in [7, 11) is 1.60. The molecule has 1 heterocycles. The summed E-state index contributed by atoms with van der Waals surface area (Å²) in [5, 5.41) is 2.62. The predicted molar refractivity (Wildman–Crippen MR) is 69.4 cm³/mol. The molecule has 0 radical (unpaired) electrons. The molecule has 19 heavy (non-hydrogen) atoms. The number of halogens is 1. The van der Waals surface area contributed by atoms with Crippen molar-refractivity contribution in [3.05, 3.63) is 35.6 Å². The molecule has 0 aliphatic carbocycles. The van der Waals surface area contributed by atoms with Gasteiger partial charge in [-0.15, -0.1) is 0 Å². The number of carbonyl (C=O) groups is 2. The van der Waals surface area contributed by atoms with Gasteiger partial charge in [0.15, 0.2) is 5.78 Å². The second-order valence-electron chi connectivity index (χ2n) is 4.67. The normalized spacial score (nSPS) is 19.4. The fraction of sp³-hybridized carbons (Fsp3) is 0.429. The van der Waals surface area contributed by atoms with E-state index < -0.39 is 0 Å². The highest BCUT2D eigenvalue weighted by Gasteiger charge is 2.31. The molecule has 1 atom stereocenters. The van der Waals surface area contributed by atoms with Crippen LogP contribution in [0.15, 0.2) is 24.3 Å². The molecule has 1 aliphatic heterocycles. The summed E-state index contributed by atoms with van der Waals surface area (Å²) < 4.78 is 12.8. The lowest BCUT2D eigenvalue weighted by atomic mass is 10.1. The van der Waals surface area contributed by atoms with Gasteiger partial charge in [-0.2, -0.15) is 0 Å². The van der Waals surface area contributed by atoms with Gasteiger partial charge in [-0.25, -0.2) is 4.39 Å². The van der Waals surface area contributed by atoms with E-state index in [9.17, 15) is 14.0 Å². The maximum atomic E-state index is 12.8. The molecule has 4 nitrogen and oxygen atoms in total. The molecule has 1 aromatic rings. The summed E-state index contributed by atoms with van der Waals surface area (Å²) in [6.45, 7) is 0.939. The summed E-state index contributed by atoms with van der Waals surface area (Å²) in [6, 6.07) is 5.26. The Bertz CT molecular complexity index is 473. The Hall–Kier alpha value is -1.75. The van der Waals surface area contributed by atoms with Gasteiger partial charge in [0, 0.05) is 12.6 Å². The Morgan fingerprint density at radius 3 is 2.68 bits per heavy atom. The topological polar surface area (TPSA) is 49.4 Å². The number of likely N-dealkylation sites (N-methyl/N-ethyl adjacent to an activating group) is 1. The zero-order chi connectivity index (χ0) is 13.8. The first-order valence-corrected chi connectivity index (χ1v) is 6.36. The molecule has 1 fully saturated rings. The summed E-state index contributed by atoms with van der Waals surface area (Å²) in [4.78, 5) is 25.6. The van der Waals surface area contributed by atoms with E-state index in [1.807, 2.05) is 4.90 Å². The molecule has 1 aliphatic rings. The third-order valence-corrected chi connectivity index (χ3v) is 3.43. The van der Waals surface area contributed by atoms with Crippen molar-refractivity contribution in [2.75, 3.05) is 20.1 Å². The van der Waals surface area contributed by atoms with Gasteiger partial charge in [0.2, 0.25) is 5.91 Å². The first kappa shape index (κ1) is 13.7. The van der Waals surface area contributed by atoms with E-state index in [1.54, 1.807) is 7.05 Å². The van der Waals surface area contributed by atoms with Crippen LogP contribution in [0, 0.1) is 5.82 Å². The molecule has 0 aromatic heterocycles. The monoisotopic (exact) mass is 264 g/mol. The van der Waals surface area contributed by atoms with Gasteiger partial charge in [-0.1, -0.05) is 0 Å². The van der Waals surface area contributed by atoms with Crippen LogP contribution in [0.5, 0.6) is 0 Å². The fourth-order valence-corrected chi connectivity index (χ4v) is 2.39. The van der Waals surface area contributed by atoms with E-state index in [2.05, 4.69) is 5.32 Å². The van der Waals surface area contributed by atoms with Gasteiger partial charge in [0.1, 0.15) is 5.82 Å². The number of rotatable bonds is 4. The molecular formula is C14H17FN2O2. The summed E-state index contributed by atoms with van der Waals surface area (Å²) in [5.41, 5.74) is 0.476. The Balaban J connectivity index is 2.02. The molecular weight excluding hydrogens is 247 g/mol. The van der Waals surface area contributed by atoms with E-state index in [0.29, 0.717) is 5.56 Å². The second kappa shape index (κ2) is 5.93. The van der Waals surface area contributed by atoms with Crippen LogP contribution in [0.4, 0.5) is 4.39 Å². The molecule has 5 heteroatoms. The van der Waals surface area contributed by atoms with Crippen LogP contribution in [-0.4, -0.2) is 42.8 Å². The van der Waals surface area contributed by atoms with E-state index in [4.69, 9.17) is 0 Å². The van der Waals surface area contributed by atoms with Gasteiger partial charge < -0.3 is 5.32 Å². The van der Waals surface area contributed by atoms with Crippen molar-refractivity contribution < 1.29 is 14.0 Å². The number of hydrogen-bond donors (Lipinski definition) is 1. The highest BCUT2D eigenvalue weighted by atomic mass is 19.1. The molecule has 1 amide bonds. The highest BCUT2D eigenvalue weighted by molar-refractivity contribution is 5.98. The minimum atomic E-state index is -0.360. The van der Waals surface area contributed by atoms with Crippen molar-refractivity contribution in [3.63, 3.8) is 0 Å². The van der Waals surface area contributed by atoms with Gasteiger partial charge >= 0.3 is 0 Å². The Morgan fingerprint density at radius 1 is 1.37 bits per heavy atom. The number of benzene rings is 1. The van der Waals surface area contributed by atoms with Crippen LogP contribution in [0.1, 0.15) is 23.2 Å². The molecule has 1 N–H and O–H groups in total. The fourth-order valence-electron chi connectivity index (χ4n) is 2.39. The van der Waals surface area contributed by atoms with Crippen molar-refractivity contribution in [2.24, 2.45) is 0 Å². The van der Waals surface area contributed by atoms with Gasteiger partial charge in [0.05, 0.1) is 12.6 Å². The van der Waals surface area contributed by atoms with Gasteiger partial charge in [0.25, 0.3) is 0 Å². The summed E-state index contributed by atoms with van der Waals surface area (Å²) in [5.74, 6) is -0.499. The second-order valence-corrected chi connectivity index (χ2v) is 4.67. The molecule has 0 bridgehead atoms. The van der Waals surface area contributed by atoms with Gasteiger partial charge in [-0.3, -0.25) is 14.5 Å². The average molecular weight is 264 g/mol. The van der Waals surface area contributed by atoms with Crippen LogP contribution < -0.4 is 5.32 Å². The van der Waals surface area contributed by atoms with Crippen LogP contribution in [0.2, 0.25) is 0 Å². The van der Waals surface area contributed by atoms with Crippen molar-refractivity contribution in [1.82, 2.24) is 10.2 Å². The summed E-state index contributed by atoms with van der Waals surface area (Å²) in [6.07, 6.45) is 1.69. The van der Waals surface area contributed by atoms with E-state index in [1.165, 1.54) is 24.3 Å². The number of ketones is 1. The highest BCUT2D eigenvalue weighted by Crippen LogP contribution is 2.18. The number of Topliss-reactive ketones (excluding diaryl/α,β-unsaturated/α-hetero) is 1. The maximum Gasteiger partial charge on any atom is 0.237 e. The number of likely N-dealkylation sites (tertiary alicyclic amines) is 1. The lowest BCUT2D eigenvalue weighted by Crippen LogP contribution is -2.44. The zero-order valence-corrected chi connectivity index (χ0v) is 10.9. The molecule has 102 valence electrons. The molecule has 0 saturated carbocycles. The molecule has 1 unspecified atom stereocenters. The quantitative estimate of drug-likeness (QED) is 0.832. The Labute approximate surface area is 111 Å². The lowest BCUT2D eigenvalue weighted by Gasteiger charge is -2.22. The molecule has 1 aromatic carbocycles. The van der Waals surface area contributed by atoms with Crippen molar-refractivity contribution >= 4 is 11.7 Å². The Morgan fingerprint density at radius 2 is 2.05 bits per heavy atom. The van der Waals surface area contributed by atoms with Crippen LogP contribution in [-0.2, 0) is 4.79 Å².